The van der Waals surface area contributed by atoms with Gasteiger partial charge in [-0.2, -0.15) is 0 Å². The standard InChI is InChI=1S/C24H43NO/c1-5-6-11-19(2)12-10-14-22-23-17-20(16-21(23)18-24(22)26)13-8-7-9-15-25(3)4/h10,14,16,19,21-24,26H,5-9,11-13,15,17-18H2,1-4H3/t19-,21-,22+,23-,24+/m0/s1. The molecule has 0 amide bonds. The van der Waals surface area contributed by atoms with Crippen molar-refractivity contribution in [2.45, 2.75) is 84.2 Å². The Labute approximate surface area is 162 Å². The van der Waals surface area contributed by atoms with E-state index in [-0.39, 0.29) is 6.10 Å². The number of nitrogens with zero attached hydrogens (tertiary/aromatic N) is 1. The molecule has 1 fully saturated rings. The average Bonchev–Trinajstić information content (AvgIpc) is 3.10. The van der Waals surface area contributed by atoms with Gasteiger partial charge in [0.05, 0.1) is 6.10 Å². The molecule has 0 aliphatic heterocycles. The van der Waals surface area contributed by atoms with Crippen molar-refractivity contribution in [2.24, 2.45) is 23.7 Å². The van der Waals surface area contributed by atoms with Gasteiger partial charge < -0.3 is 10.0 Å². The van der Waals surface area contributed by atoms with Gasteiger partial charge in [-0.1, -0.05) is 63.3 Å². The second-order valence-corrected chi connectivity index (χ2v) is 9.26. The van der Waals surface area contributed by atoms with Gasteiger partial charge in [0.25, 0.3) is 0 Å². The molecule has 1 N–H and O–H groups in total. The van der Waals surface area contributed by atoms with E-state index in [4.69, 9.17) is 0 Å². The second kappa shape index (κ2) is 11.3. The lowest BCUT2D eigenvalue weighted by molar-refractivity contribution is 0.141. The lowest BCUT2D eigenvalue weighted by Crippen LogP contribution is -2.17. The predicted octanol–water partition coefficient (Wildman–Crippen LogP) is 5.82. The highest BCUT2D eigenvalue weighted by atomic mass is 16.3. The van der Waals surface area contributed by atoms with Crippen molar-refractivity contribution in [1.82, 2.24) is 4.90 Å². The second-order valence-electron chi connectivity index (χ2n) is 9.26. The third-order valence-electron chi connectivity index (χ3n) is 6.50. The molecule has 0 aromatic rings. The van der Waals surface area contributed by atoms with Crippen molar-refractivity contribution >= 4 is 0 Å². The molecule has 0 aromatic heterocycles. The van der Waals surface area contributed by atoms with Crippen molar-refractivity contribution in [3.05, 3.63) is 23.8 Å². The van der Waals surface area contributed by atoms with Gasteiger partial charge >= 0.3 is 0 Å². The van der Waals surface area contributed by atoms with Crippen molar-refractivity contribution in [3.8, 4) is 0 Å². The molecule has 0 spiro atoms. The molecular weight excluding hydrogens is 318 g/mol. The maximum Gasteiger partial charge on any atom is 0.0611 e. The molecule has 150 valence electrons. The zero-order valence-electron chi connectivity index (χ0n) is 17.8. The van der Waals surface area contributed by atoms with Crippen LogP contribution in [0.5, 0.6) is 0 Å². The summed E-state index contributed by atoms with van der Waals surface area (Å²) in [6.07, 6.45) is 19.8. The molecule has 2 aliphatic rings. The van der Waals surface area contributed by atoms with Crippen LogP contribution in [0, 0.1) is 23.7 Å². The van der Waals surface area contributed by atoms with Gasteiger partial charge in [-0.15, -0.1) is 0 Å². The van der Waals surface area contributed by atoms with Crippen LogP contribution in [0.4, 0.5) is 0 Å². The number of hydrogen-bond donors (Lipinski definition) is 1. The first kappa shape index (κ1) is 21.7. The Hall–Kier alpha value is -0.600. The summed E-state index contributed by atoms with van der Waals surface area (Å²) < 4.78 is 0. The number of hydrogen-bond acceptors (Lipinski definition) is 2. The normalized spacial score (nSPS) is 29.5. The highest BCUT2D eigenvalue weighted by Crippen LogP contribution is 2.48. The molecule has 2 rings (SSSR count). The van der Waals surface area contributed by atoms with Gasteiger partial charge in [0.1, 0.15) is 0 Å². The minimum absolute atomic E-state index is 0.120. The highest BCUT2D eigenvalue weighted by Gasteiger charge is 2.43. The van der Waals surface area contributed by atoms with E-state index in [0.29, 0.717) is 17.8 Å². The highest BCUT2D eigenvalue weighted by molar-refractivity contribution is 5.20. The van der Waals surface area contributed by atoms with Crippen molar-refractivity contribution in [1.29, 1.82) is 0 Å². The first-order valence-electron chi connectivity index (χ1n) is 11.2. The summed E-state index contributed by atoms with van der Waals surface area (Å²) >= 11 is 0. The Morgan fingerprint density at radius 1 is 1.23 bits per heavy atom. The largest absolute Gasteiger partial charge is 0.392 e. The number of allylic oxidation sites excluding steroid dienone is 3. The maximum absolute atomic E-state index is 10.5. The molecule has 2 nitrogen and oxygen atoms in total. The molecule has 0 saturated heterocycles. The average molecular weight is 362 g/mol. The van der Waals surface area contributed by atoms with E-state index >= 15 is 0 Å². The Bertz CT molecular complexity index is 453. The van der Waals surface area contributed by atoms with Crippen LogP contribution in [-0.4, -0.2) is 36.8 Å². The van der Waals surface area contributed by atoms with E-state index in [1.807, 2.05) is 0 Å². The predicted molar refractivity (Wildman–Crippen MR) is 113 cm³/mol. The summed E-state index contributed by atoms with van der Waals surface area (Å²) in [6, 6.07) is 0. The molecule has 0 unspecified atom stereocenters. The lowest BCUT2D eigenvalue weighted by atomic mass is 9.88. The summed E-state index contributed by atoms with van der Waals surface area (Å²) in [5.41, 5.74) is 1.67. The Morgan fingerprint density at radius 2 is 2.04 bits per heavy atom. The molecule has 1 saturated carbocycles. The smallest absolute Gasteiger partial charge is 0.0611 e. The summed E-state index contributed by atoms with van der Waals surface area (Å²) in [6.45, 7) is 5.84. The van der Waals surface area contributed by atoms with E-state index in [2.05, 4.69) is 51.1 Å². The van der Waals surface area contributed by atoms with E-state index in [9.17, 15) is 5.11 Å². The first-order valence-corrected chi connectivity index (χ1v) is 11.2. The van der Waals surface area contributed by atoms with Crippen LogP contribution in [0.15, 0.2) is 23.8 Å². The number of fused-ring (bicyclic) bond motifs is 1. The minimum Gasteiger partial charge on any atom is -0.392 e. The van der Waals surface area contributed by atoms with E-state index in [0.717, 1.165) is 12.3 Å². The fourth-order valence-corrected chi connectivity index (χ4v) is 4.89. The van der Waals surface area contributed by atoms with Crippen LogP contribution in [0.1, 0.15) is 78.1 Å². The van der Waals surface area contributed by atoms with Crippen LogP contribution >= 0.6 is 0 Å². The van der Waals surface area contributed by atoms with E-state index in [1.54, 1.807) is 5.57 Å². The van der Waals surface area contributed by atoms with Gasteiger partial charge in [0.15, 0.2) is 0 Å². The molecular formula is C24H43NO. The molecule has 2 heteroatoms. The number of unbranched alkanes of at least 4 members (excludes halogenated alkanes) is 3. The van der Waals surface area contributed by atoms with Crippen molar-refractivity contribution < 1.29 is 5.11 Å². The van der Waals surface area contributed by atoms with Gasteiger partial charge in [-0.3, -0.25) is 0 Å². The fraction of sp³-hybridized carbons (Fsp3) is 0.833. The molecule has 0 aromatic carbocycles. The molecule has 2 aliphatic carbocycles. The van der Waals surface area contributed by atoms with Crippen LogP contribution in [0.25, 0.3) is 0 Å². The molecule has 5 atom stereocenters. The topological polar surface area (TPSA) is 23.5 Å². The minimum atomic E-state index is -0.120. The first-order chi connectivity index (χ1) is 12.5. The summed E-state index contributed by atoms with van der Waals surface area (Å²) in [7, 11) is 4.31. The molecule has 0 heterocycles. The summed E-state index contributed by atoms with van der Waals surface area (Å²) in [4.78, 5) is 2.28. The number of aliphatic hydroxyl groups excluding tert-OH is 1. The van der Waals surface area contributed by atoms with Gasteiger partial charge in [-0.25, -0.2) is 0 Å². The van der Waals surface area contributed by atoms with Crippen molar-refractivity contribution in [2.75, 3.05) is 20.6 Å². The van der Waals surface area contributed by atoms with Crippen molar-refractivity contribution in [3.63, 3.8) is 0 Å². The number of rotatable bonds is 12. The third-order valence-corrected chi connectivity index (χ3v) is 6.50. The molecule has 0 radical (unpaired) electrons. The fourth-order valence-electron chi connectivity index (χ4n) is 4.89. The zero-order chi connectivity index (χ0) is 18.9. The van der Waals surface area contributed by atoms with Gasteiger partial charge in [0.2, 0.25) is 0 Å². The zero-order valence-corrected chi connectivity index (χ0v) is 17.8. The quantitative estimate of drug-likeness (QED) is 0.349. The molecule has 0 bridgehead atoms. The van der Waals surface area contributed by atoms with E-state index < -0.39 is 0 Å². The van der Waals surface area contributed by atoms with Crippen LogP contribution in [0.2, 0.25) is 0 Å². The lowest BCUT2D eigenvalue weighted by Gasteiger charge is -2.18. The monoisotopic (exact) mass is 361 g/mol. The van der Waals surface area contributed by atoms with Crippen LogP contribution in [0.3, 0.4) is 0 Å². The van der Waals surface area contributed by atoms with E-state index in [1.165, 1.54) is 64.3 Å². The van der Waals surface area contributed by atoms with Gasteiger partial charge in [-0.05, 0) is 76.9 Å². The summed E-state index contributed by atoms with van der Waals surface area (Å²) in [5.74, 6) is 2.47. The van der Waals surface area contributed by atoms with Gasteiger partial charge in [0, 0.05) is 5.92 Å². The Kier molecular flexibility index (Phi) is 9.42. The van der Waals surface area contributed by atoms with Crippen LogP contribution in [-0.2, 0) is 0 Å². The third kappa shape index (κ3) is 6.85. The summed E-state index contributed by atoms with van der Waals surface area (Å²) in [5, 5.41) is 10.5. The maximum atomic E-state index is 10.5. The SMILES string of the molecule is CCCC[C@H](C)CC=C[C@@H]1[C@H]2CC(CCCCCN(C)C)=C[C@H]2C[C@H]1O. The number of aliphatic hydroxyl groups is 1. The Balaban J connectivity index is 1.72. The Morgan fingerprint density at radius 3 is 2.77 bits per heavy atom. The molecule has 26 heavy (non-hydrogen) atoms. The van der Waals surface area contributed by atoms with Crippen LogP contribution < -0.4 is 0 Å².